The second-order valence-corrected chi connectivity index (χ2v) is 12.6. The van der Waals surface area contributed by atoms with Crippen LogP contribution in [0.4, 0.5) is 4.79 Å². The van der Waals surface area contributed by atoms with Gasteiger partial charge in [0.15, 0.2) is 0 Å². The Morgan fingerprint density at radius 3 is 2.38 bits per heavy atom. The van der Waals surface area contributed by atoms with E-state index in [-0.39, 0.29) is 23.7 Å². The van der Waals surface area contributed by atoms with E-state index in [0.29, 0.717) is 10.0 Å². The van der Waals surface area contributed by atoms with Gasteiger partial charge in [0.05, 0.1) is 15.6 Å². The molecule has 1 saturated carbocycles. The number of nitrogens with zero attached hydrogens (tertiary/aromatic N) is 1. The van der Waals surface area contributed by atoms with Crippen LogP contribution in [0.5, 0.6) is 0 Å². The van der Waals surface area contributed by atoms with E-state index in [1.54, 1.807) is 0 Å². The first-order valence-corrected chi connectivity index (χ1v) is 14.3. The Kier molecular flexibility index (Phi) is 9.11. The van der Waals surface area contributed by atoms with E-state index in [9.17, 15) is 9.90 Å². The van der Waals surface area contributed by atoms with Gasteiger partial charge in [-0.05, 0) is 75.3 Å². The van der Waals surface area contributed by atoms with E-state index in [1.807, 2.05) is 39.0 Å². The Labute approximate surface area is 231 Å². The average molecular weight is 548 g/mol. The van der Waals surface area contributed by atoms with Crippen LogP contribution >= 0.6 is 23.2 Å². The van der Waals surface area contributed by atoms with Crippen molar-refractivity contribution in [2.75, 3.05) is 19.6 Å². The fourth-order valence-corrected chi connectivity index (χ4v) is 5.96. The highest BCUT2D eigenvalue weighted by Gasteiger charge is 2.40. The topological polar surface area (TPSA) is 61.8 Å². The van der Waals surface area contributed by atoms with Gasteiger partial charge in [0, 0.05) is 31.1 Å². The number of hydrogen-bond donors (Lipinski definition) is 2. The first-order valence-electron chi connectivity index (χ1n) is 13.5. The molecule has 7 heteroatoms. The molecule has 2 aliphatic rings. The van der Waals surface area contributed by atoms with Gasteiger partial charge in [-0.1, -0.05) is 72.8 Å². The van der Waals surface area contributed by atoms with Crippen molar-refractivity contribution in [3.63, 3.8) is 0 Å². The maximum absolute atomic E-state index is 12.2. The van der Waals surface area contributed by atoms with Crippen LogP contribution in [0, 0.1) is 0 Å². The van der Waals surface area contributed by atoms with Crippen molar-refractivity contribution < 1.29 is 14.6 Å². The van der Waals surface area contributed by atoms with Gasteiger partial charge in [-0.2, -0.15) is 0 Å². The van der Waals surface area contributed by atoms with Crippen molar-refractivity contribution in [1.29, 1.82) is 0 Å². The molecule has 1 unspecified atom stereocenters. The summed E-state index contributed by atoms with van der Waals surface area (Å²) in [6, 6.07) is 14.2. The lowest BCUT2D eigenvalue weighted by Gasteiger charge is -2.43. The van der Waals surface area contributed by atoms with Gasteiger partial charge in [0.1, 0.15) is 6.10 Å². The third-order valence-corrected chi connectivity index (χ3v) is 8.38. The lowest BCUT2D eigenvalue weighted by molar-refractivity contribution is -0.0359. The second kappa shape index (κ2) is 11.9. The zero-order valence-electron chi connectivity index (χ0n) is 22.2. The minimum absolute atomic E-state index is 0.00261. The molecule has 1 amide bonds. The molecule has 2 fully saturated rings. The summed E-state index contributed by atoms with van der Waals surface area (Å²) in [6.07, 6.45) is 6.10. The molecule has 2 N–H and O–H groups in total. The van der Waals surface area contributed by atoms with Crippen molar-refractivity contribution in [2.45, 2.75) is 88.9 Å². The number of carbonyl (C=O) groups excluding carboxylic acids is 1. The molecular weight excluding hydrogens is 507 g/mol. The van der Waals surface area contributed by atoms with Crippen molar-refractivity contribution in [3.8, 4) is 11.1 Å². The lowest BCUT2D eigenvalue weighted by atomic mass is 9.72. The first kappa shape index (κ1) is 28.2. The van der Waals surface area contributed by atoms with Crippen LogP contribution in [0.25, 0.3) is 11.1 Å². The third-order valence-electron chi connectivity index (χ3n) is 7.64. The number of aliphatic hydroxyl groups is 1. The Morgan fingerprint density at radius 2 is 1.73 bits per heavy atom. The van der Waals surface area contributed by atoms with E-state index in [0.717, 1.165) is 74.8 Å². The maximum atomic E-state index is 12.2. The van der Waals surface area contributed by atoms with Gasteiger partial charge < -0.3 is 20.1 Å². The summed E-state index contributed by atoms with van der Waals surface area (Å²) in [5.41, 5.74) is 2.19. The molecule has 0 bridgehead atoms. The third kappa shape index (κ3) is 7.63. The SMILES string of the molecule is CC(C)(C)NC(=O)OC1CCN(CC(c2cccc(-c3ccc(Cl)c(Cl)c3)c2)C2(O)CCCCC2)CC1. The van der Waals surface area contributed by atoms with Crippen LogP contribution in [0.15, 0.2) is 42.5 Å². The molecule has 5 nitrogen and oxygen atoms in total. The summed E-state index contributed by atoms with van der Waals surface area (Å²) >= 11 is 12.4. The minimum Gasteiger partial charge on any atom is -0.446 e. The van der Waals surface area contributed by atoms with Crippen LogP contribution in [0.2, 0.25) is 10.0 Å². The number of hydrogen-bond acceptors (Lipinski definition) is 4. The molecule has 2 aromatic carbocycles. The molecule has 202 valence electrons. The van der Waals surface area contributed by atoms with Gasteiger partial charge in [0.2, 0.25) is 0 Å². The van der Waals surface area contributed by atoms with E-state index in [4.69, 9.17) is 27.9 Å². The Bertz CT molecular complexity index is 1070. The maximum Gasteiger partial charge on any atom is 0.407 e. The zero-order chi connectivity index (χ0) is 26.6. The van der Waals surface area contributed by atoms with E-state index in [2.05, 4.69) is 34.5 Å². The standard InChI is InChI=1S/C30H40Cl2N2O3/c1-29(2,3)33-28(35)37-24-12-16-34(17-13-24)20-25(30(36)14-5-4-6-15-30)23-9-7-8-21(18-23)22-10-11-26(31)27(32)19-22/h7-11,18-19,24-25,36H,4-6,12-17,20H2,1-3H3,(H,33,35). The van der Waals surface area contributed by atoms with Crippen molar-refractivity contribution in [2.24, 2.45) is 0 Å². The molecule has 1 saturated heterocycles. The molecule has 0 radical (unpaired) electrons. The average Bonchev–Trinajstić information content (AvgIpc) is 2.84. The van der Waals surface area contributed by atoms with E-state index < -0.39 is 5.60 Å². The predicted octanol–water partition coefficient (Wildman–Crippen LogP) is 7.43. The minimum atomic E-state index is -0.728. The first-order chi connectivity index (χ1) is 17.5. The number of halogens is 2. The largest absolute Gasteiger partial charge is 0.446 e. The highest BCUT2D eigenvalue weighted by atomic mass is 35.5. The number of amides is 1. The quantitative estimate of drug-likeness (QED) is 0.395. The number of rotatable bonds is 6. The van der Waals surface area contributed by atoms with Crippen molar-refractivity contribution >= 4 is 29.3 Å². The lowest BCUT2D eigenvalue weighted by Crippen LogP contribution is -2.48. The molecule has 1 heterocycles. The van der Waals surface area contributed by atoms with Crippen molar-refractivity contribution in [3.05, 3.63) is 58.1 Å². The predicted molar refractivity (Wildman–Crippen MR) is 152 cm³/mol. The molecular formula is C30H40Cl2N2O3. The monoisotopic (exact) mass is 546 g/mol. The van der Waals surface area contributed by atoms with E-state index in [1.165, 1.54) is 6.42 Å². The number of ether oxygens (including phenoxy) is 1. The second-order valence-electron chi connectivity index (χ2n) is 11.8. The summed E-state index contributed by atoms with van der Waals surface area (Å²) in [5.74, 6) is -0.00261. The molecule has 4 rings (SSSR count). The van der Waals surface area contributed by atoms with Crippen LogP contribution in [-0.2, 0) is 4.74 Å². The number of alkyl carbamates (subject to hydrolysis) is 1. The summed E-state index contributed by atoms with van der Waals surface area (Å²) in [7, 11) is 0. The number of benzene rings is 2. The molecule has 37 heavy (non-hydrogen) atoms. The zero-order valence-corrected chi connectivity index (χ0v) is 23.7. The number of nitrogens with one attached hydrogen (secondary N) is 1. The fourth-order valence-electron chi connectivity index (χ4n) is 5.66. The van der Waals surface area contributed by atoms with Crippen LogP contribution in [0.3, 0.4) is 0 Å². The highest BCUT2D eigenvalue weighted by Crippen LogP contribution is 2.42. The smallest absolute Gasteiger partial charge is 0.407 e. The van der Waals surface area contributed by atoms with Gasteiger partial charge >= 0.3 is 6.09 Å². The number of likely N-dealkylation sites (tertiary alicyclic amines) is 1. The summed E-state index contributed by atoms with van der Waals surface area (Å²) in [5, 5.41) is 15.9. The summed E-state index contributed by atoms with van der Waals surface area (Å²) < 4.78 is 5.68. The molecule has 1 aliphatic heterocycles. The van der Waals surface area contributed by atoms with Gasteiger partial charge in [-0.3, -0.25) is 0 Å². The molecule has 1 aliphatic carbocycles. The van der Waals surface area contributed by atoms with E-state index >= 15 is 0 Å². The van der Waals surface area contributed by atoms with Crippen LogP contribution in [0.1, 0.15) is 77.2 Å². The van der Waals surface area contributed by atoms with Crippen LogP contribution < -0.4 is 5.32 Å². The van der Waals surface area contributed by atoms with Gasteiger partial charge in [0.25, 0.3) is 0 Å². The molecule has 0 aromatic heterocycles. The normalized spacial score (nSPS) is 19.8. The van der Waals surface area contributed by atoms with Crippen molar-refractivity contribution in [1.82, 2.24) is 10.2 Å². The van der Waals surface area contributed by atoms with Crippen LogP contribution in [-0.4, -0.2) is 53.0 Å². The summed E-state index contributed by atoms with van der Waals surface area (Å²) in [4.78, 5) is 14.6. The number of carbonyl (C=O) groups is 1. The Hall–Kier alpha value is -1.79. The highest BCUT2D eigenvalue weighted by molar-refractivity contribution is 6.42. The fraction of sp³-hybridized carbons (Fsp3) is 0.567. The number of piperidine rings is 1. The molecule has 1 atom stereocenters. The molecule has 2 aromatic rings. The van der Waals surface area contributed by atoms with Gasteiger partial charge in [-0.15, -0.1) is 0 Å². The molecule has 0 spiro atoms. The Balaban J connectivity index is 1.49. The summed E-state index contributed by atoms with van der Waals surface area (Å²) in [6.45, 7) is 8.30. The Morgan fingerprint density at radius 1 is 1.05 bits per heavy atom. The van der Waals surface area contributed by atoms with Gasteiger partial charge in [-0.25, -0.2) is 4.79 Å².